The normalized spacial score (nSPS) is 15.6. The van der Waals surface area contributed by atoms with Crippen LogP contribution in [0.5, 0.6) is 0 Å². The van der Waals surface area contributed by atoms with Gasteiger partial charge in [-0.2, -0.15) is 13.2 Å². The molecule has 1 amide bonds. The van der Waals surface area contributed by atoms with E-state index in [-0.39, 0.29) is 0 Å². The molecule has 2 atom stereocenters. The molecule has 0 unspecified atom stereocenters. The number of aliphatic carboxylic acids is 1. The second kappa shape index (κ2) is 5.99. The van der Waals surface area contributed by atoms with Crippen molar-refractivity contribution < 1.29 is 27.9 Å². The number of hydrogen-bond acceptors (Lipinski definition) is 2. The Morgan fingerprint density at radius 2 is 1.81 bits per heavy atom. The molecule has 114 valence electrons. The second-order valence-corrected chi connectivity index (χ2v) is 4.60. The van der Waals surface area contributed by atoms with Gasteiger partial charge in [-0.25, -0.2) is 4.79 Å². The van der Waals surface area contributed by atoms with Crippen LogP contribution in [-0.4, -0.2) is 29.2 Å². The first-order valence-corrected chi connectivity index (χ1v) is 5.92. The minimum atomic E-state index is -5.16. The molecule has 0 spiro atoms. The lowest BCUT2D eigenvalue weighted by Crippen LogP contribution is -2.55. The summed E-state index contributed by atoms with van der Waals surface area (Å²) in [5.74, 6) is -3.89. The van der Waals surface area contributed by atoms with Crippen LogP contribution >= 0.6 is 0 Å². The molecule has 0 aliphatic heterocycles. The molecule has 0 saturated heterocycles. The first-order valence-electron chi connectivity index (χ1n) is 5.92. The van der Waals surface area contributed by atoms with Crippen molar-refractivity contribution in [3.8, 4) is 0 Å². The van der Waals surface area contributed by atoms with Crippen molar-refractivity contribution in [3.63, 3.8) is 0 Å². The molecule has 0 aliphatic rings. The average Bonchev–Trinajstić information content (AvgIpc) is 2.43. The molecule has 0 saturated carbocycles. The van der Waals surface area contributed by atoms with E-state index in [0.29, 0.717) is 5.56 Å². The number of nitrogens with one attached hydrogen (secondary N) is 1. The van der Waals surface area contributed by atoms with Crippen molar-refractivity contribution in [2.24, 2.45) is 0 Å². The number of carboxylic acids is 1. The van der Waals surface area contributed by atoms with Gasteiger partial charge in [0, 0.05) is 5.41 Å². The van der Waals surface area contributed by atoms with Crippen LogP contribution in [0.4, 0.5) is 13.2 Å². The largest absolute Gasteiger partial charge is 0.480 e. The third kappa shape index (κ3) is 3.62. The van der Waals surface area contributed by atoms with E-state index in [1.54, 1.807) is 30.3 Å². The Morgan fingerprint density at radius 1 is 1.29 bits per heavy atom. The van der Waals surface area contributed by atoms with Crippen LogP contribution in [0.15, 0.2) is 43.0 Å². The van der Waals surface area contributed by atoms with Gasteiger partial charge in [0.05, 0.1) is 0 Å². The minimum Gasteiger partial charge on any atom is -0.480 e. The number of carboxylic acid groups (broad SMARTS) is 1. The molecular weight excluding hydrogens is 287 g/mol. The number of halogens is 3. The summed E-state index contributed by atoms with van der Waals surface area (Å²) in [7, 11) is 0. The van der Waals surface area contributed by atoms with Gasteiger partial charge in [0.25, 0.3) is 0 Å². The van der Waals surface area contributed by atoms with Crippen molar-refractivity contribution >= 4 is 11.9 Å². The van der Waals surface area contributed by atoms with E-state index >= 15 is 0 Å². The molecule has 0 aliphatic carbocycles. The van der Waals surface area contributed by atoms with E-state index < -0.39 is 29.5 Å². The Balaban J connectivity index is 3.22. The van der Waals surface area contributed by atoms with Gasteiger partial charge in [0.15, 0.2) is 0 Å². The number of benzene rings is 1. The first kappa shape index (κ1) is 16.7. The lowest BCUT2D eigenvalue weighted by Gasteiger charge is -2.33. The quantitative estimate of drug-likeness (QED) is 0.820. The third-order valence-electron chi connectivity index (χ3n) is 3.20. The highest BCUT2D eigenvalue weighted by Crippen LogP contribution is 2.30. The van der Waals surface area contributed by atoms with Gasteiger partial charge in [-0.05, 0) is 12.5 Å². The predicted octanol–water partition coefficient (Wildman–Crippen LogP) is 2.26. The molecule has 0 fully saturated rings. The summed E-state index contributed by atoms with van der Waals surface area (Å²) in [5.41, 5.74) is -0.969. The van der Waals surface area contributed by atoms with Crippen LogP contribution in [0.2, 0.25) is 0 Å². The maximum Gasteiger partial charge on any atom is 0.471 e. The van der Waals surface area contributed by atoms with Crippen molar-refractivity contribution in [2.45, 2.75) is 24.6 Å². The van der Waals surface area contributed by atoms with Crippen LogP contribution in [0, 0.1) is 0 Å². The Labute approximate surface area is 119 Å². The predicted molar refractivity (Wildman–Crippen MR) is 69.6 cm³/mol. The van der Waals surface area contributed by atoms with Crippen molar-refractivity contribution in [2.75, 3.05) is 0 Å². The van der Waals surface area contributed by atoms with E-state index in [1.807, 2.05) is 0 Å². The van der Waals surface area contributed by atoms with E-state index in [4.69, 9.17) is 0 Å². The fourth-order valence-corrected chi connectivity index (χ4v) is 1.88. The van der Waals surface area contributed by atoms with Gasteiger partial charge in [-0.3, -0.25) is 4.79 Å². The first-order chi connectivity index (χ1) is 9.63. The van der Waals surface area contributed by atoms with E-state index in [1.165, 1.54) is 18.3 Å². The number of hydrogen-bond donors (Lipinski definition) is 2. The number of alkyl halides is 3. The lowest BCUT2D eigenvalue weighted by molar-refractivity contribution is -0.176. The van der Waals surface area contributed by atoms with E-state index in [0.717, 1.165) is 0 Å². The van der Waals surface area contributed by atoms with E-state index in [9.17, 15) is 27.9 Å². The van der Waals surface area contributed by atoms with Crippen LogP contribution in [0.1, 0.15) is 12.5 Å². The van der Waals surface area contributed by atoms with Gasteiger partial charge in [0.2, 0.25) is 0 Å². The average molecular weight is 301 g/mol. The summed E-state index contributed by atoms with van der Waals surface area (Å²) in [6, 6.07) is 6.21. The molecule has 2 N–H and O–H groups in total. The Hall–Kier alpha value is -2.31. The number of rotatable bonds is 5. The highest BCUT2D eigenvalue weighted by Gasteiger charge is 2.46. The maximum absolute atomic E-state index is 12.3. The summed E-state index contributed by atoms with van der Waals surface area (Å²) < 4.78 is 37.0. The molecule has 0 aromatic heterocycles. The van der Waals surface area contributed by atoms with Crippen molar-refractivity contribution in [1.29, 1.82) is 0 Å². The maximum atomic E-state index is 12.3. The minimum absolute atomic E-state index is 0.426. The molecule has 0 bridgehead atoms. The van der Waals surface area contributed by atoms with Crippen LogP contribution in [0.25, 0.3) is 0 Å². The van der Waals surface area contributed by atoms with Gasteiger partial charge in [-0.15, -0.1) is 6.58 Å². The van der Waals surface area contributed by atoms with Gasteiger partial charge < -0.3 is 10.4 Å². The standard InChI is InChI=1S/C14H14F3NO3/c1-3-13(2,9-7-5-4-6-8-9)10(11(19)20)18-12(21)14(15,16)17/h3-8,10H,1H2,2H3,(H,18,21)(H,19,20)/t10-,13+/m1/s1. The number of amides is 1. The number of carbonyl (C=O) groups excluding carboxylic acids is 1. The summed E-state index contributed by atoms with van der Waals surface area (Å²) in [6.45, 7) is 4.88. The Bertz CT molecular complexity index is 542. The number of carbonyl (C=O) groups is 2. The van der Waals surface area contributed by atoms with Crippen LogP contribution in [0.3, 0.4) is 0 Å². The van der Waals surface area contributed by atoms with Crippen LogP contribution < -0.4 is 5.32 Å². The smallest absolute Gasteiger partial charge is 0.471 e. The van der Waals surface area contributed by atoms with E-state index in [2.05, 4.69) is 6.58 Å². The molecule has 0 heterocycles. The monoisotopic (exact) mass is 301 g/mol. The summed E-state index contributed by atoms with van der Waals surface area (Å²) in [6.07, 6.45) is -3.95. The molecule has 21 heavy (non-hydrogen) atoms. The zero-order chi connectivity index (χ0) is 16.3. The summed E-state index contributed by atoms with van der Waals surface area (Å²) in [5, 5.41) is 10.7. The molecule has 1 aromatic carbocycles. The fourth-order valence-electron chi connectivity index (χ4n) is 1.88. The highest BCUT2D eigenvalue weighted by molar-refractivity contribution is 5.88. The molecule has 1 rings (SSSR count). The fraction of sp³-hybridized carbons (Fsp3) is 0.286. The van der Waals surface area contributed by atoms with Gasteiger partial charge >= 0.3 is 18.1 Å². The second-order valence-electron chi connectivity index (χ2n) is 4.60. The molecule has 0 radical (unpaired) electrons. The highest BCUT2D eigenvalue weighted by atomic mass is 19.4. The van der Waals surface area contributed by atoms with Crippen LogP contribution in [-0.2, 0) is 15.0 Å². The Kier molecular flexibility index (Phi) is 4.77. The molecule has 7 heteroatoms. The Morgan fingerprint density at radius 3 is 2.19 bits per heavy atom. The molecule has 1 aromatic rings. The zero-order valence-corrected chi connectivity index (χ0v) is 11.1. The van der Waals surface area contributed by atoms with Gasteiger partial charge in [0.1, 0.15) is 6.04 Å². The van der Waals surface area contributed by atoms with Gasteiger partial charge in [-0.1, -0.05) is 36.4 Å². The summed E-state index contributed by atoms with van der Waals surface area (Å²) >= 11 is 0. The molecule has 4 nitrogen and oxygen atoms in total. The topological polar surface area (TPSA) is 66.4 Å². The SMILES string of the molecule is C=C[C@@](C)(c1ccccc1)[C@H](NC(=O)C(F)(F)F)C(=O)O. The summed E-state index contributed by atoms with van der Waals surface area (Å²) in [4.78, 5) is 22.4. The van der Waals surface area contributed by atoms with Crippen molar-refractivity contribution in [3.05, 3.63) is 48.6 Å². The molecular formula is C14H14F3NO3. The van der Waals surface area contributed by atoms with Crippen molar-refractivity contribution in [1.82, 2.24) is 5.32 Å². The third-order valence-corrected chi connectivity index (χ3v) is 3.20. The lowest BCUT2D eigenvalue weighted by atomic mass is 9.76. The zero-order valence-electron chi connectivity index (χ0n) is 11.1.